The second-order valence-electron chi connectivity index (χ2n) is 12.6. The minimum Gasteiger partial charge on any atom is -0.311 e. The Bertz CT molecular complexity index is 2550. The maximum absolute atomic E-state index is 2.36. The quantitative estimate of drug-likeness (QED) is 0.167. The largest absolute Gasteiger partial charge is 0.311 e. The predicted molar refractivity (Wildman–Crippen MR) is 210 cm³/mol. The molecule has 0 radical (unpaired) electrons. The van der Waals surface area contributed by atoms with Crippen LogP contribution in [0.2, 0.25) is 0 Å². The average Bonchev–Trinajstić information content (AvgIpc) is 3.19. The number of nitrogens with zero attached hydrogens (tertiary/aromatic N) is 1. The number of para-hydroxylation sites is 1. The molecule has 230 valence electrons. The highest BCUT2D eigenvalue weighted by molar-refractivity contribution is 6.23. The molecule has 0 aliphatic carbocycles. The zero-order chi connectivity index (χ0) is 32.6. The first-order valence-corrected chi connectivity index (χ1v) is 16.8. The third kappa shape index (κ3) is 5.32. The van der Waals surface area contributed by atoms with E-state index in [0.717, 1.165) is 17.1 Å². The summed E-state index contributed by atoms with van der Waals surface area (Å²) in [5, 5.41) is 7.74. The van der Waals surface area contributed by atoms with Crippen molar-refractivity contribution in [3.8, 4) is 33.4 Å². The third-order valence-corrected chi connectivity index (χ3v) is 9.65. The standard InChI is InChI=1S/C48H33N/c1-3-11-34(12-4-1)36-25-29-42(30-26-36)49(41-14-5-2-6-15-41)43-31-27-37(28-32-43)35-19-21-39(22-20-35)47-33-40-24-23-38-13-7-8-16-44(38)48(40)46-18-10-9-17-45(46)47/h1-33H. The van der Waals surface area contributed by atoms with E-state index < -0.39 is 0 Å². The predicted octanol–water partition coefficient (Wildman–Crippen LogP) is 13.6. The Kier molecular flexibility index (Phi) is 7.22. The lowest BCUT2D eigenvalue weighted by Crippen LogP contribution is -2.09. The molecule has 9 aromatic carbocycles. The summed E-state index contributed by atoms with van der Waals surface area (Å²) in [4.78, 5) is 2.32. The third-order valence-electron chi connectivity index (χ3n) is 9.65. The Morgan fingerprint density at radius 3 is 1.33 bits per heavy atom. The average molecular weight is 624 g/mol. The van der Waals surface area contributed by atoms with Crippen LogP contribution in [0, 0.1) is 0 Å². The van der Waals surface area contributed by atoms with E-state index >= 15 is 0 Å². The van der Waals surface area contributed by atoms with Crippen LogP contribution in [0.3, 0.4) is 0 Å². The first-order valence-electron chi connectivity index (χ1n) is 16.8. The summed E-state index contributed by atoms with van der Waals surface area (Å²) in [6.07, 6.45) is 0. The maximum Gasteiger partial charge on any atom is 0.0462 e. The van der Waals surface area contributed by atoms with E-state index in [1.54, 1.807) is 0 Å². The van der Waals surface area contributed by atoms with E-state index in [9.17, 15) is 0 Å². The van der Waals surface area contributed by atoms with E-state index in [4.69, 9.17) is 0 Å². The Morgan fingerprint density at radius 2 is 0.694 bits per heavy atom. The Morgan fingerprint density at radius 1 is 0.265 bits per heavy atom. The lowest BCUT2D eigenvalue weighted by atomic mass is 9.90. The van der Waals surface area contributed by atoms with Gasteiger partial charge in [-0.05, 0) is 108 Å². The molecule has 0 saturated heterocycles. The second kappa shape index (κ2) is 12.3. The number of hydrogen-bond acceptors (Lipinski definition) is 1. The van der Waals surface area contributed by atoms with Crippen LogP contribution < -0.4 is 4.90 Å². The molecule has 0 spiro atoms. The van der Waals surface area contributed by atoms with Crippen molar-refractivity contribution in [2.75, 3.05) is 4.90 Å². The summed E-state index contributed by atoms with van der Waals surface area (Å²) in [6, 6.07) is 72.3. The van der Waals surface area contributed by atoms with Gasteiger partial charge in [-0.3, -0.25) is 0 Å². The smallest absolute Gasteiger partial charge is 0.0462 e. The molecule has 0 bridgehead atoms. The lowest BCUT2D eigenvalue weighted by molar-refractivity contribution is 1.28. The minimum absolute atomic E-state index is 1.12. The molecular weight excluding hydrogens is 591 g/mol. The Labute approximate surface area is 287 Å². The highest BCUT2D eigenvalue weighted by Gasteiger charge is 2.14. The summed E-state index contributed by atoms with van der Waals surface area (Å²) in [5.41, 5.74) is 10.7. The van der Waals surface area contributed by atoms with Crippen LogP contribution >= 0.6 is 0 Å². The second-order valence-corrected chi connectivity index (χ2v) is 12.6. The van der Waals surface area contributed by atoms with Crippen molar-refractivity contribution in [1.29, 1.82) is 0 Å². The van der Waals surface area contributed by atoms with Gasteiger partial charge in [0.25, 0.3) is 0 Å². The van der Waals surface area contributed by atoms with Gasteiger partial charge in [-0.15, -0.1) is 0 Å². The molecule has 0 fully saturated rings. The van der Waals surface area contributed by atoms with Crippen molar-refractivity contribution in [3.05, 3.63) is 200 Å². The number of benzene rings is 9. The van der Waals surface area contributed by atoms with Crippen LogP contribution in [-0.4, -0.2) is 0 Å². The molecular formula is C48H33N. The van der Waals surface area contributed by atoms with Crippen LogP contribution in [0.4, 0.5) is 17.1 Å². The van der Waals surface area contributed by atoms with Crippen molar-refractivity contribution >= 4 is 49.4 Å². The van der Waals surface area contributed by atoms with Gasteiger partial charge in [-0.1, -0.05) is 158 Å². The van der Waals surface area contributed by atoms with Crippen LogP contribution in [-0.2, 0) is 0 Å². The van der Waals surface area contributed by atoms with Gasteiger partial charge in [0.2, 0.25) is 0 Å². The van der Waals surface area contributed by atoms with E-state index in [1.165, 1.54) is 65.7 Å². The van der Waals surface area contributed by atoms with E-state index in [0.29, 0.717) is 0 Å². The SMILES string of the molecule is c1ccc(-c2ccc(N(c3ccccc3)c3ccc(-c4ccc(-c5cc6ccc7ccccc7c6c6ccccc56)cc4)cc3)cc2)cc1. The number of fused-ring (bicyclic) bond motifs is 5. The van der Waals surface area contributed by atoms with Gasteiger partial charge < -0.3 is 4.90 Å². The first-order chi connectivity index (χ1) is 24.3. The Balaban J connectivity index is 1.05. The molecule has 1 heteroatoms. The molecule has 9 aromatic rings. The van der Waals surface area contributed by atoms with Crippen molar-refractivity contribution in [3.63, 3.8) is 0 Å². The fourth-order valence-corrected chi connectivity index (χ4v) is 7.22. The van der Waals surface area contributed by atoms with E-state index in [1.807, 2.05) is 0 Å². The molecule has 0 amide bonds. The minimum atomic E-state index is 1.12. The maximum atomic E-state index is 2.36. The van der Waals surface area contributed by atoms with Crippen LogP contribution in [0.15, 0.2) is 200 Å². The van der Waals surface area contributed by atoms with Gasteiger partial charge in [0.05, 0.1) is 0 Å². The molecule has 0 aliphatic heterocycles. The molecule has 0 aromatic heterocycles. The molecule has 9 rings (SSSR count). The van der Waals surface area contributed by atoms with Crippen molar-refractivity contribution in [2.24, 2.45) is 0 Å². The normalized spacial score (nSPS) is 11.3. The lowest BCUT2D eigenvalue weighted by Gasteiger charge is -2.26. The number of anilines is 3. The van der Waals surface area contributed by atoms with Crippen LogP contribution in [0.25, 0.3) is 65.7 Å². The number of hydrogen-bond donors (Lipinski definition) is 0. The highest BCUT2D eigenvalue weighted by atomic mass is 15.1. The molecule has 0 unspecified atom stereocenters. The summed E-state index contributed by atoms with van der Waals surface area (Å²) < 4.78 is 0. The first kappa shape index (κ1) is 28.8. The topological polar surface area (TPSA) is 3.24 Å². The van der Waals surface area contributed by atoms with Gasteiger partial charge in [0, 0.05) is 17.1 Å². The number of rotatable bonds is 6. The highest BCUT2D eigenvalue weighted by Crippen LogP contribution is 2.40. The zero-order valence-corrected chi connectivity index (χ0v) is 27.0. The molecule has 0 aliphatic rings. The van der Waals surface area contributed by atoms with Crippen LogP contribution in [0.1, 0.15) is 0 Å². The Hall–Kier alpha value is -6.44. The summed E-state index contributed by atoms with van der Waals surface area (Å²) in [5.74, 6) is 0. The van der Waals surface area contributed by atoms with Gasteiger partial charge in [0.15, 0.2) is 0 Å². The monoisotopic (exact) mass is 623 g/mol. The molecule has 0 saturated carbocycles. The van der Waals surface area contributed by atoms with Gasteiger partial charge in [-0.2, -0.15) is 0 Å². The summed E-state index contributed by atoms with van der Waals surface area (Å²) in [7, 11) is 0. The van der Waals surface area contributed by atoms with Crippen molar-refractivity contribution in [2.45, 2.75) is 0 Å². The molecule has 1 nitrogen and oxygen atoms in total. The van der Waals surface area contributed by atoms with Crippen molar-refractivity contribution in [1.82, 2.24) is 0 Å². The molecule has 0 N–H and O–H groups in total. The zero-order valence-electron chi connectivity index (χ0n) is 27.0. The van der Waals surface area contributed by atoms with E-state index in [-0.39, 0.29) is 0 Å². The van der Waals surface area contributed by atoms with Crippen molar-refractivity contribution < 1.29 is 0 Å². The summed E-state index contributed by atoms with van der Waals surface area (Å²) >= 11 is 0. The molecule has 49 heavy (non-hydrogen) atoms. The van der Waals surface area contributed by atoms with Gasteiger partial charge >= 0.3 is 0 Å². The van der Waals surface area contributed by atoms with E-state index in [2.05, 4.69) is 205 Å². The molecule has 0 heterocycles. The summed E-state index contributed by atoms with van der Waals surface area (Å²) in [6.45, 7) is 0. The van der Waals surface area contributed by atoms with Gasteiger partial charge in [0.1, 0.15) is 0 Å². The van der Waals surface area contributed by atoms with Crippen LogP contribution in [0.5, 0.6) is 0 Å². The fourth-order valence-electron chi connectivity index (χ4n) is 7.22. The fraction of sp³-hybridized carbons (Fsp3) is 0. The molecule has 0 atom stereocenters. The van der Waals surface area contributed by atoms with Gasteiger partial charge in [-0.25, -0.2) is 0 Å².